The number of amides is 2. The second kappa shape index (κ2) is 7.28. The van der Waals surface area contributed by atoms with Crippen molar-refractivity contribution < 1.29 is 24.2 Å². The van der Waals surface area contributed by atoms with Crippen LogP contribution >= 0.6 is 0 Å². The van der Waals surface area contributed by atoms with E-state index < -0.39 is 30.2 Å². The van der Waals surface area contributed by atoms with Crippen molar-refractivity contribution in [1.82, 2.24) is 5.32 Å². The molecule has 0 aliphatic heterocycles. The van der Waals surface area contributed by atoms with Crippen LogP contribution in [0, 0.1) is 13.8 Å². The lowest BCUT2D eigenvalue weighted by Crippen LogP contribution is -2.45. The van der Waals surface area contributed by atoms with E-state index in [2.05, 4.69) is 5.32 Å². The van der Waals surface area contributed by atoms with Gasteiger partial charge in [0.2, 0.25) is 5.91 Å². The smallest absolute Gasteiger partial charge is 0.326 e. The Hall–Kier alpha value is -2.57. The highest BCUT2D eigenvalue weighted by Gasteiger charge is 2.22. The number of benzene rings is 1. The lowest BCUT2D eigenvalue weighted by molar-refractivity contribution is -0.143. The van der Waals surface area contributed by atoms with Crippen molar-refractivity contribution in [3.63, 3.8) is 0 Å². The van der Waals surface area contributed by atoms with Crippen LogP contribution in [-0.4, -0.2) is 35.5 Å². The highest BCUT2D eigenvalue weighted by atomic mass is 16.5. The molecule has 0 spiro atoms. The van der Waals surface area contributed by atoms with Gasteiger partial charge in [-0.25, -0.2) is 4.79 Å². The number of primary amides is 1. The van der Waals surface area contributed by atoms with Crippen LogP contribution in [0.5, 0.6) is 5.75 Å². The lowest BCUT2D eigenvalue weighted by Gasteiger charge is -2.15. The van der Waals surface area contributed by atoms with Crippen LogP contribution in [0.2, 0.25) is 0 Å². The molecule has 21 heavy (non-hydrogen) atoms. The van der Waals surface area contributed by atoms with Crippen molar-refractivity contribution >= 4 is 17.8 Å². The third-order valence-electron chi connectivity index (χ3n) is 2.79. The summed E-state index contributed by atoms with van der Waals surface area (Å²) in [6.45, 7) is 3.34. The van der Waals surface area contributed by atoms with Crippen LogP contribution in [0.3, 0.4) is 0 Å². The minimum absolute atomic E-state index is 0.339. The molecular weight excluding hydrogens is 276 g/mol. The van der Waals surface area contributed by atoms with Crippen molar-refractivity contribution in [2.45, 2.75) is 26.3 Å². The molecule has 0 saturated carbocycles. The fourth-order valence-corrected chi connectivity index (χ4v) is 1.80. The molecule has 1 aromatic carbocycles. The molecule has 0 radical (unpaired) electrons. The van der Waals surface area contributed by atoms with E-state index in [1.54, 1.807) is 0 Å². The topological polar surface area (TPSA) is 119 Å². The number of hydrogen-bond donors (Lipinski definition) is 3. The predicted molar refractivity (Wildman–Crippen MR) is 74.8 cm³/mol. The Morgan fingerprint density at radius 2 is 1.86 bits per heavy atom. The maximum absolute atomic E-state index is 11.7. The van der Waals surface area contributed by atoms with Crippen LogP contribution in [-0.2, 0) is 14.4 Å². The number of hydrogen-bond acceptors (Lipinski definition) is 4. The zero-order valence-electron chi connectivity index (χ0n) is 11.9. The molecule has 2 amide bonds. The number of nitrogens with one attached hydrogen (secondary N) is 1. The normalized spacial score (nSPS) is 11.5. The van der Waals surface area contributed by atoms with Gasteiger partial charge in [-0.3, -0.25) is 9.59 Å². The van der Waals surface area contributed by atoms with E-state index in [0.717, 1.165) is 11.1 Å². The van der Waals surface area contributed by atoms with E-state index in [9.17, 15) is 14.4 Å². The molecule has 4 N–H and O–H groups in total. The van der Waals surface area contributed by atoms with Gasteiger partial charge in [0.15, 0.2) is 6.61 Å². The van der Waals surface area contributed by atoms with Crippen molar-refractivity contribution in [1.29, 1.82) is 0 Å². The van der Waals surface area contributed by atoms with Crippen LogP contribution in [0.15, 0.2) is 18.2 Å². The summed E-state index contributed by atoms with van der Waals surface area (Å²) < 4.78 is 5.39. The first-order valence-electron chi connectivity index (χ1n) is 6.30. The highest BCUT2D eigenvalue weighted by Crippen LogP contribution is 2.21. The van der Waals surface area contributed by atoms with Gasteiger partial charge in [-0.1, -0.05) is 18.2 Å². The average molecular weight is 294 g/mol. The van der Waals surface area contributed by atoms with Crippen LogP contribution in [0.25, 0.3) is 0 Å². The van der Waals surface area contributed by atoms with Crippen molar-refractivity contribution in [3.05, 3.63) is 29.3 Å². The first-order chi connectivity index (χ1) is 9.81. The Labute approximate surface area is 122 Å². The van der Waals surface area contributed by atoms with E-state index in [1.807, 2.05) is 32.0 Å². The minimum Gasteiger partial charge on any atom is -0.483 e. The Morgan fingerprint density at radius 1 is 1.29 bits per heavy atom. The zero-order chi connectivity index (χ0) is 16.0. The molecule has 1 atom stereocenters. The summed E-state index contributed by atoms with van der Waals surface area (Å²) >= 11 is 0. The quantitative estimate of drug-likeness (QED) is 0.660. The summed E-state index contributed by atoms with van der Waals surface area (Å²) in [6, 6.07) is 4.20. The maximum atomic E-state index is 11.7. The Morgan fingerprint density at radius 3 is 2.33 bits per heavy atom. The molecule has 0 saturated heterocycles. The average Bonchev–Trinajstić information content (AvgIpc) is 2.36. The Balaban J connectivity index is 2.61. The third kappa shape index (κ3) is 5.13. The van der Waals surface area contributed by atoms with Crippen molar-refractivity contribution in [2.75, 3.05) is 6.61 Å². The lowest BCUT2D eigenvalue weighted by atomic mass is 10.1. The standard InChI is InChI=1S/C14H18N2O5/c1-8-4-3-5-9(2)13(8)21-7-12(18)16-10(14(19)20)6-11(15)17/h3-5,10H,6-7H2,1-2H3,(H2,15,17)(H,16,18)(H,19,20)/t10-/m1/s1. The molecule has 0 aliphatic carbocycles. The summed E-state index contributed by atoms with van der Waals surface area (Å²) in [5.41, 5.74) is 6.67. The summed E-state index contributed by atoms with van der Waals surface area (Å²) in [7, 11) is 0. The molecule has 0 aromatic heterocycles. The van der Waals surface area contributed by atoms with Gasteiger partial charge in [-0.2, -0.15) is 0 Å². The maximum Gasteiger partial charge on any atom is 0.326 e. The van der Waals surface area contributed by atoms with Gasteiger partial charge in [-0.15, -0.1) is 0 Å². The van der Waals surface area contributed by atoms with Gasteiger partial charge < -0.3 is 20.9 Å². The summed E-state index contributed by atoms with van der Waals surface area (Å²) in [6.07, 6.45) is -0.468. The molecular formula is C14H18N2O5. The number of nitrogens with two attached hydrogens (primary N) is 1. The number of para-hydroxylation sites is 1. The Kier molecular flexibility index (Phi) is 5.71. The third-order valence-corrected chi connectivity index (χ3v) is 2.79. The molecule has 0 bridgehead atoms. The van der Waals surface area contributed by atoms with E-state index >= 15 is 0 Å². The number of carboxylic acid groups (broad SMARTS) is 1. The number of rotatable bonds is 7. The number of carbonyl (C=O) groups is 3. The molecule has 0 heterocycles. The van der Waals surface area contributed by atoms with Gasteiger partial charge >= 0.3 is 5.97 Å². The molecule has 7 nitrogen and oxygen atoms in total. The second-order valence-corrected chi connectivity index (χ2v) is 4.64. The second-order valence-electron chi connectivity index (χ2n) is 4.64. The summed E-state index contributed by atoms with van der Waals surface area (Å²) in [5.74, 6) is -2.19. The molecule has 7 heteroatoms. The molecule has 0 unspecified atom stereocenters. The van der Waals surface area contributed by atoms with Gasteiger partial charge in [0.25, 0.3) is 5.91 Å². The summed E-state index contributed by atoms with van der Waals surface area (Å²) in [5, 5.41) is 11.1. The first-order valence-corrected chi connectivity index (χ1v) is 6.30. The zero-order valence-corrected chi connectivity index (χ0v) is 11.9. The number of carboxylic acids is 1. The predicted octanol–water partition coefficient (Wildman–Crippen LogP) is 0.127. The Bertz CT molecular complexity index is 536. The van der Waals surface area contributed by atoms with Crippen molar-refractivity contribution in [3.8, 4) is 5.75 Å². The molecule has 114 valence electrons. The summed E-state index contributed by atoms with van der Waals surface area (Å²) in [4.78, 5) is 33.3. The van der Waals surface area contributed by atoms with E-state index in [1.165, 1.54) is 0 Å². The van der Waals surface area contributed by atoms with E-state index in [0.29, 0.717) is 5.75 Å². The molecule has 0 fully saturated rings. The fourth-order valence-electron chi connectivity index (χ4n) is 1.80. The van der Waals surface area contributed by atoms with E-state index in [-0.39, 0.29) is 6.61 Å². The number of carbonyl (C=O) groups excluding carboxylic acids is 2. The van der Waals surface area contributed by atoms with Gasteiger partial charge in [0.05, 0.1) is 6.42 Å². The number of ether oxygens (including phenoxy) is 1. The van der Waals surface area contributed by atoms with Crippen LogP contribution < -0.4 is 15.8 Å². The fraction of sp³-hybridized carbons (Fsp3) is 0.357. The number of aliphatic carboxylic acids is 1. The van der Waals surface area contributed by atoms with Gasteiger partial charge in [0.1, 0.15) is 11.8 Å². The van der Waals surface area contributed by atoms with Gasteiger partial charge in [-0.05, 0) is 25.0 Å². The van der Waals surface area contributed by atoms with E-state index in [4.69, 9.17) is 15.6 Å². The van der Waals surface area contributed by atoms with Crippen LogP contribution in [0.1, 0.15) is 17.5 Å². The molecule has 0 aliphatic rings. The first kappa shape index (κ1) is 16.5. The van der Waals surface area contributed by atoms with Crippen molar-refractivity contribution in [2.24, 2.45) is 5.73 Å². The number of aryl methyl sites for hydroxylation is 2. The SMILES string of the molecule is Cc1cccc(C)c1OCC(=O)N[C@H](CC(N)=O)C(=O)O. The monoisotopic (exact) mass is 294 g/mol. The minimum atomic E-state index is -1.35. The largest absolute Gasteiger partial charge is 0.483 e. The van der Waals surface area contributed by atoms with Gasteiger partial charge in [0, 0.05) is 0 Å². The molecule has 1 rings (SSSR count). The van der Waals surface area contributed by atoms with Crippen LogP contribution in [0.4, 0.5) is 0 Å². The molecule has 1 aromatic rings. The highest BCUT2D eigenvalue weighted by molar-refractivity contribution is 5.88.